The van der Waals surface area contributed by atoms with Crippen LogP contribution in [0.2, 0.25) is 0 Å². The molecule has 0 unspecified atom stereocenters. The highest BCUT2D eigenvalue weighted by Gasteiger charge is 2.04. The summed E-state index contributed by atoms with van der Waals surface area (Å²) >= 11 is 1.57. The molecule has 2 N–H and O–H groups in total. The van der Waals surface area contributed by atoms with Crippen molar-refractivity contribution in [2.45, 2.75) is 12.8 Å². The molecule has 0 saturated heterocycles. The summed E-state index contributed by atoms with van der Waals surface area (Å²) in [6.45, 7) is 0.0598. The number of rotatable bonds is 4. The molecule has 4 heteroatoms. The summed E-state index contributed by atoms with van der Waals surface area (Å²) in [4.78, 5) is 12.9. The van der Waals surface area contributed by atoms with Crippen molar-refractivity contribution in [2.75, 3.05) is 11.9 Å². The number of carbonyl (C=O) groups is 1. The lowest BCUT2D eigenvalue weighted by Gasteiger charge is -2.04. The van der Waals surface area contributed by atoms with Gasteiger partial charge in [0, 0.05) is 22.5 Å². The van der Waals surface area contributed by atoms with Crippen LogP contribution in [0.4, 0.5) is 5.69 Å². The number of benzene rings is 1. The lowest BCUT2D eigenvalue weighted by atomic mass is 10.2. The third-order valence-corrected chi connectivity index (χ3v) is 3.41. The van der Waals surface area contributed by atoms with Crippen molar-refractivity contribution in [3.63, 3.8) is 0 Å². The average Bonchev–Trinajstić information content (AvgIpc) is 2.92. The van der Waals surface area contributed by atoms with Crippen LogP contribution in [-0.2, 0) is 11.2 Å². The van der Waals surface area contributed by atoms with E-state index in [-0.39, 0.29) is 12.5 Å². The van der Waals surface area contributed by atoms with Crippen molar-refractivity contribution in [2.24, 2.45) is 0 Å². The number of hydrogen-bond acceptors (Lipinski definition) is 3. The maximum Gasteiger partial charge on any atom is 0.229 e. The molecular weight excluding hydrogens is 270 g/mol. The molecule has 0 aliphatic heterocycles. The first-order valence-electron chi connectivity index (χ1n) is 6.30. The molecule has 0 aliphatic rings. The second-order valence-corrected chi connectivity index (χ2v) is 5.19. The summed E-state index contributed by atoms with van der Waals surface area (Å²) in [5, 5.41) is 13.5. The second kappa shape index (κ2) is 7.49. The lowest BCUT2D eigenvalue weighted by Crippen LogP contribution is -2.13. The highest BCUT2D eigenvalue weighted by atomic mass is 32.1. The van der Waals surface area contributed by atoms with Gasteiger partial charge in [-0.15, -0.1) is 11.3 Å². The van der Waals surface area contributed by atoms with E-state index < -0.39 is 0 Å². The molecule has 1 aromatic heterocycles. The van der Waals surface area contributed by atoms with E-state index in [0.29, 0.717) is 12.8 Å². The van der Waals surface area contributed by atoms with Crippen LogP contribution in [0.3, 0.4) is 0 Å². The summed E-state index contributed by atoms with van der Waals surface area (Å²) in [5.41, 5.74) is 1.56. The van der Waals surface area contributed by atoms with Gasteiger partial charge in [-0.2, -0.15) is 0 Å². The van der Waals surface area contributed by atoms with Crippen molar-refractivity contribution < 1.29 is 9.90 Å². The predicted octanol–water partition coefficient (Wildman–Crippen LogP) is 2.66. The van der Waals surface area contributed by atoms with E-state index >= 15 is 0 Å². The first kappa shape index (κ1) is 14.3. The first-order valence-corrected chi connectivity index (χ1v) is 7.18. The van der Waals surface area contributed by atoms with E-state index in [9.17, 15) is 4.79 Å². The first-order chi connectivity index (χ1) is 9.78. The summed E-state index contributed by atoms with van der Waals surface area (Å²) in [6.07, 6.45) is 0.840. The van der Waals surface area contributed by atoms with E-state index in [0.717, 1.165) is 16.1 Å². The minimum atomic E-state index is -0.0343. The highest BCUT2D eigenvalue weighted by molar-refractivity contribution is 7.10. The van der Waals surface area contributed by atoms with Gasteiger partial charge >= 0.3 is 0 Å². The second-order valence-electron chi connectivity index (χ2n) is 4.16. The van der Waals surface area contributed by atoms with E-state index in [2.05, 4.69) is 17.2 Å². The molecule has 1 heterocycles. The minimum Gasteiger partial charge on any atom is -0.395 e. The molecule has 2 rings (SSSR count). The average molecular weight is 285 g/mol. The smallest absolute Gasteiger partial charge is 0.229 e. The van der Waals surface area contributed by atoms with Gasteiger partial charge in [-0.3, -0.25) is 4.79 Å². The zero-order valence-electron chi connectivity index (χ0n) is 10.9. The van der Waals surface area contributed by atoms with Gasteiger partial charge in [-0.25, -0.2) is 0 Å². The monoisotopic (exact) mass is 285 g/mol. The van der Waals surface area contributed by atoms with E-state index in [4.69, 9.17) is 5.11 Å². The normalized spacial score (nSPS) is 9.65. The van der Waals surface area contributed by atoms with Crippen LogP contribution < -0.4 is 5.32 Å². The van der Waals surface area contributed by atoms with Gasteiger partial charge in [0.1, 0.15) is 0 Å². The van der Waals surface area contributed by atoms with Gasteiger partial charge in [0.15, 0.2) is 0 Å². The van der Waals surface area contributed by atoms with Crippen LogP contribution in [-0.4, -0.2) is 17.6 Å². The molecule has 102 valence electrons. The van der Waals surface area contributed by atoms with Gasteiger partial charge in [-0.1, -0.05) is 24.0 Å². The van der Waals surface area contributed by atoms with Gasteiger partial charge in [0.05, 0.1) is 13.0 Å². The number of carbonyl (C=O) groups excluding carboxylic acids is 1. The van der Waals surface area contributed by atoms with Crippen molar-refractivity contribution in [3.05, 3.63) is 52.2 Å². The van der Waals surface area contributed by atoms with Crippen molar-refractivity contribution in [3.8, 4) is 11.8 Å². The van der Waals surface area contributed by atoms with Crippen LogP contribution in [0.5, 0.6) is 0 Å². The fourth-order valence-electron chi connectivity index (χ4n) is 1.67. The Bertz CT molecular complexity index is 623. The maximum atomic E-state index is 11.9. The standard InChI is InChI=1S/C16H15NO2S/c18-9-2-1-5-13-6-3-7-14(11-13)17-16(19)12-15-8-4-10-20-15/h3-4,6-8,10-11,18H,2,9,12H2,(H,17,19). The molecule has 0 radical (unpaired) electrons. The molecular formula is C16H15NO2S. The number of anilines is 1. The third-order valence-electron chi connectivity index (χ3n) is 2.53. The number of aliphatic hydroxyl groups excluding tert-OH is 1. The molecule has 2 aromatic rings. The van der Waals surface area contributed by atoms with Crippen LogP contribution in [0, 0.1) is 11.8 Å². The number of amides is 1. The van der Waals surface area contributed by atoms with Gasteiger partial charge in [-0.05, 0) is 29.6 Å². The van der Waals surface area contributed by atoms with Crippen LogP contribution in [0.15, 0.2) is 41.8 Å². The summed E-state index contributed by atoms with van der Waals surface area (Å²) in [5.74, 6) is 5.77. The molecule has 0 atom stereocenters. The molecule has 20 heavy (non-hydrogen) atoms. The van der Waals surface area contributed by atoms with Gasteiger partial charge < -0.3 is 10.4 Å². The predicted molar refractivity (Wildman–Crippen MR) is 81.7 cm³/mol. The van der Waals surface area contributed by atoms with Crippen molar-refractivity contribution in [1.29, 1.82) is 0 Å². The minimum absolute atomic E-state index is 0.0343. The summed E-state index contributed by atoms with van der Waals surface area (Å²) in [6, 6.07) is 11.3. The molecule has 3 nitrogen and oxygen atoms in total. The SMILES string of the molecule is O=C(Cc1cccs1)Nc1cccc(C#CCCO)c1. The van der Waals surface area contributed by atoms with Crippen molar-refractivity contribution >= 4 is 22.9 Å². The zero-order valence-corrected chi connectivity index (χ0v) is 11.7. The third kappa shape index (κ3) is 4.54. The number of thiophene rings is 1. The van der Waals surface area contributed by atoms with Crippen LogP contribution in [0.1, 0.15) is 16.9 Å². The molecule has 0 saturated carbocycles. The van der Waals surface area contributed by atoms with E-state index in [1.807, 2.05) is 41.8 Å². The topological polar surface area (TPSA) is 49.3 Å². The van der Waals surface area contributed by atoms with E-state index in [1.54, 1.807) is 11.3 Å². The summed E-state index contributed by atoms with van der Waals surface area (Å²) in [7, 11) is 0. The Balaban J connectivity index is 1.97. The Morgan fingerprint density at radius 3 is 2.95 bits per heavy atom. The maximum absolute atomic E-state index is 11.9. The lowest BCUT2D eigenvalue weighted by molar-refractivity contribution is -0.115. The number of hydrogen-bond donors (Lipinski definition) is 2. The summed E-state index contributed by atoms with van der Waals surface area (Å²) < 4.78 is 0. The number of aliphatic hydroxyl groups is 1. The molecule has 1 aromatic carbocycles. The Labute approximate surface area is 122 Å². The Kier molecular flexibility index (Phi) is 5.36. The number of nitrogens with one attached hydrogen (secondary N) is 1. The van der Waals surface area contributed by atoms with E-state index in [1.165, 1.54) is 0 Å². The van der Waals surface area contributed by atoms with Gasteiger partial charge in [0.2, 0.25) is 5.91 Å². The van der Waals surface area contributed by atoms with Crippen molar-refractivity contribution in [1.82, 2.24) is 0 Å². The zero-order chi connectivity index (χ0) is 14.2. The molecule has 0 fully saturated rings. The molecule has 0 aliphatic carbocycles. The molecule has 0 bridgehead atoms. The Morgan fingerprint density at radius 1 is 1.30 bits per heavy atom. The quantitative estimate of drug-likeness (QED) is 0.849. The van der Waals surface area contributed by atoms with Crippen LogP contribution in [0.25, 0.3) is 0 Å². The largest absolute Gasteiger partial charge is 0.395 e. The Morgan fingerprint density at radius 2 is 2.20 bits per heavy atom. The molecule has 1 amide bonds. The van der Waals surface area contributed by atoms with Gasteiger partial charge in [0.25, 0.3) is 0 Å². The Hall–Kier alpha value is -2.09. The fraction of sp³-hybridized carbons (Fsp3) is 0.188. The highest BCUT2D eigenvalue weighted by Crippen LogP contribution is 2.13. The molecule has 0 spiro atoms. The van der Waals surface area contributed by atoms with Crippen LogP contribution >= 0.6 is 11.3 Å². The fourth-order valence-corrected chi connectivity index (χ4v) is 2.38.